The maximum absolute atomic E-state index is 3.97. The summed E-state index contributed by atoms with van der Waals surface area (Å²) < 4.78 is 3.41. The Morgan fingerprint density at radius 1 is 1.10 bits per heavy atom. The van der Waals surface area contributed by atoms with E-state index < -0.39 is 0 Å². The summed E-state index contributed by atoms with van der Waals surface area (Å²) in [7, 11) is 0. The lowest BCUT2D eigenvalue weighted by Crippen LogP contribution is -1.83. The maximum atomic E-state index is 3.97. The molecule has 0 saturated carbocycles. The largest absolute Gasteiger partial charge is 0.135 e. The van der Waals surface area contributed by atoms with Crippen LogP contribution in [0.2, 0.25) is 0 Å². The van der Waals surface area contributed by atoms with Crippen molar-refractivity contribution in [1.29, 1.82) is 0 Å². The van der Waals surface area contributed by atoms with E-state index in [1.54, 1.807) is 0 Å². The monoisotopic (exact) mass is 402 g/mol. The molecule has 21 heavy (non-hydrogen) atoms. The Labute approximate surface area is 143 Å². The highest BCUT2D eigenvalue weighted by atomic mass is 127. The van der Waals surface area contributed by atoms with Gasteiger partial charge in [0.05, 0.1) is 0 Å². The lowest BCUT2D eigenvalue weighted by Gasteiger charge is -2.08. The van der Waals surface area contributed by atoms with E-state index in [4.69, 9.17) is 0 Å². The minimum Gasteiger partial charge on any atom is -0.135 e. The van der Waals surface area contributed by atoms with Crippen molar-refractivity contribution in [3.05, 3.63) is 69.1 Å². The average Bonchev–Trinajstić information content (AvgIpc) is 2.86. The molecule has 0 aliphatic carbocycles. The molecule has 0 nitrogen and oxygen atoms in total. The number of aryl methyl sites for hydroxylation is 1. The van der Waals surface area contributed by atoms with E-state index in [0.717, 1.165) is 0 Å². The zero-order valence-corrected chi connectivity index (χ0v) is 14.7. The van der Waals surface area contributed by atoms with E-state index in [1.165, 1.54) is 37.2 Å². The summed E-state index contributed by atoms with van der Waals surface area (Å²) in [5.74, 6) is 0. The second-order valence-corrected chi connectivity index (χ2v) is 6.65. The van der Waals surface area contributed by atoms with Crippen LogP contribution in [0.4, 0.5) is 0 Å². The summed E-state index contributed by atoms with van der Waals surface area (Å²) in [6.07, 6.45) is 4.13. The highest BCUT2D eigenvalue weighted by Gasteiger charge is 2.14. The molecule has 3 rings (SSSR count). The van der Waals surface area contributed by atoms with Gasteiger partial charge in [0.2, 0.25) is 0 Å². The zero-order valence-electron chi connectivity index (χ0n) is 11.8. The summed E-state index contributed by atoms with van der Waals surface area (Å²) in [4.78, 5) is 1.24. The van der Waals surface area contributed by atoms with Gasteiger partial charge in [0.1, 0.15) is 0 Å². The number of rotatable bonds is 3. The fourth-order valence-corrected chi connectivity index (χ4v) is 4.27. The van der Waals surface area contributed by atoms with Crippen molar-refractivity contribution in [2.24, 2.45) is 0 Å². The van der Waals surface area contributed by atoms with Crippen LogP contribution in [-0.4, -0.2) is 0 Å². The van der Waals surface area contributed by atoms with Crippen LogP contribution in [0.25, 0.3) is 33.4 Å². The van der Waals surface area contributed by atoms with Crippen LogP contribution in [0.3, 0.4) is 0 Å². The standard InChI is InChI=1S/C19H15IS/c1-3-17-15(11-12-20)16-10-9-13(2)18(19(16)21-17)14-7-5-4-6-8-14/h3-12H,1H2,2H3/b12-11-. The molecule has 3 aromatic rings. The van der Waals surface area contributed by atoms with Crippen LogP contribution in [0.5, 0.6) is 0 Å². The molecular weight excluding hydrogens is 387 g/mol. The van der Waals surface area contributed by atoms with E-state index in [-0.39, 0.29) is 0 Å². The van der Waals surface area contributed by atoms with Gasteiger partial charge in [0.15, 0.2) is 0 Å². The molecule has 0 unspecified atom stereocenters. The smallest absolute Gasteiger partial charge is 0.0436 e. The van der Waals surface area contributed by atoms with Crippen molar-refractivity contribution >= 4 is 56.2 Å². The van der Waals surface area contributed by atoms with E-state index >= 15 is 0 Å². The molecule has 1 heterocycles. The molecule has 0 bridgehead atoms. The molecule has 0 radical (unpaired) electrons. The highest BCUT2D eigenvalue weighted by Crippen LogP contribution is 2.41. The Balaban J connectivity index is 2.40. The normalized spacial score (nSPS) is 11.3. The van der Waals surface area contributed by atoms with Gasteiger partial charge in [-0.15, -0.1) is 11.3 Å². The number of hydrogen-bond acceptors (Lipinski definition) is 1. The van der Waals surface area contributed by atoms with Crippen LogP contribution in [-0.2, 0) is 0 Å². The Kier molecular flexibility index (Phi) is 4.27. The minimum atomic E-state index is 1.24. The van der Waals surface area contributed by atoms with E-state index in [9.17, 15) is 0 Å². The Morgan fingerprint density at radius 3 is 2.52 bits per heavy atom. The minimum absolute atomic E-state index is 1.24. The van der Waals surface area contributed by atoms with Crippen LogP contribution < -0.4 is 0 Å². The predicted molar refractivity (Wildman–Crippen MR) is 105 cm³/mol. The molecule has 1 aromatic heterocycles. The van der Waals surface area contributed by atoms with Crippen molar-refractivity contribution in [1.82, 2.24) is 0 Å². The first-order chi connectivity index (χ1) is 10.3. The molecule has 0 spiro atoms. The third-order valence-corrected chi connectivity index (χ3v) is 5.21. The molecule has 2 heteroatoms. The topological polar surface area (TPSA) is 0 Å². The Morgan fingerprint density at radius 2 is 1.86 bits per heavy atom. The molecule has 2 aromatic carbocycles. The summed E-state index contributed by atoms with van der Waals surface area (Å²) in [5.41, 5.74) is 5.21. The first-order valence-electron chi connectivity index (χ1n) is 6.77. The molecule has 0 aliphatic heterocycles. The van der Waals surface area contributed by atoms with Gasteiger partial charge in [-0.3, -0.25) is 0 Å². The van der Waals surface area contributed by atoms with Gasteiger partial charge in [-0.1, -0.05) is 77.7 Å². The van der Waals surface area contributed by atoms with Crippen molar-refractivity contribution < 1.29 is 0 Å². The summed E-state index contributed by atoms with van der Waals surface area (Å²) >= 11 is 4.10. The van der Waals surface area contributed by atoms with E-state index in [1.807, 2.05) is 17.4 Å². The number of halogens is 1. The lowest BCUT2D eigenvalue weighted by atomic mass is 9.97. The predicted octanol–water partition coefficient (Wildman–Crippen LogP) is 6.93. The zero-order chi connectivity index (χ0) is 14.8. The fourth-order valence-electron chi connectivity index (χ4n) is 2.65. The molecule has 0 fully saturated rings. The van der Waals surface area contributed by atoms with Gasteiger partial charge >= 0.3 is 0 Å². The fraction of sp³-hybridized carbons (Fsp3) is 0.0526. The number of hydrogen-bond donors (Lipinski definition) is 0. The van der Waals surface area contributed by atoms with Gasteiger partial charge < -0.3 is 0 Å². The molecule has 0 amide bonds. The number of thiophene rings is 1. The van der Waals surface area contributed by atoms with E-state index in [2.05, 4.69) is 88.7 Å². The quantitative estimate of drug-likeness (QED) is 0.417. The molecule has 104 valence electrons. The third-order valence-electron chi connectivity index (χ3n) is 3.61. The molecule has 0 aliphatic rings. The first-order valence-corrected chi connectivity index (χ1v) is 8.83. The van der Waals surface area contributed by atoms with Crippen LogP contribution in [0, 0.1) is 6.92 Å². The highest BCUT2D eigenvalue weighted by molar-refractivity contribution is 14.1. The van der Waals surface area contributed by atoms with Gasteiger partial charge in [0, 0.05) is 26.1 Å². The third kappa shape index (κ3) is 2.58. The van der Waals surface area contributed by atoms with Crippen molar-refractivity contribution in [2.45, 2.75) is 6.92 Å². The van der Waals surface area contributed by atoms with Crippen LogP contribution in [0.15, 0.2) is 53.1 Å². The Hall–Kier alpha value is -1.39. The SMILES string of the molecule is C=Cc1sc2c(-c3ccccc3)c(C)ccc2c1/C=C\I. The average molecular weight is 402 g/mol. The van der Waals surface area contributed by atoms with Crippen molar-refractivity contribution in [3.63, 3.8) is 0 Å². The summed E-state index contributed by atoms with van der Waals surface area (Å²) in [6.45, 7) is 6.15. The van der Waals surface area contributed by atoms with Crippen molar-refractivity contribution in [3.8, 4) is 11.1 Å². The second kappa shape index (κ2) is 6.16. The van der Waals surface area contributed by atoms with Gasteiger partial charge in [0.25, 0.3) is 0 Å². The molecule has 0 atom stereocenters. The van der Waals surface area contributed by atoms with Crippen LogP contribution >= 0.6 is 33.9 Å². The van der Waals surface area contributed by atoms with Crippen LogP contribution in [0.1, 0.15) is 16.0 Å². The number of fused-ring (bicyclic) bond motifs is 1. The summed E-state index contributed by atoms with van der Waals surface area (Å²) in [5, 5.41) is 1.31. The molecular formula is C19H15IS. The maximum Gasteiger partial charge on any atom is 0.0436 e. The van der Waals surface area contributed by atoms with E-state index in [0.29, 0.717) is 0 Å². The van der Waals surface area contributed by atoms with Crippen molar-refractivity contribution in [2.75, 3.05) is 0 Å². The molecule has 0 N–H and O–H groups in total. The van der Waals surface area contributed by atoms with Gasteiger partial charge in [-0.2, -0.15) is 0 Å². The summed E-state index contributed by atoms with van der Waals surface area (Å²) in [6, 6.07) is 15.1. The first kappa shape index (κ1) is 14.5. The lowest BCUT2D eigenvalue weighted by molar-refractivity contribution is 1.50. The number of benzene rings is 2. The van der Waals surface area contributed by atoms with Gasteiger partial charge in [-0.05, 0) is 28.2 Å². The van der Waals surface area contributed by atoms with Gasteiger partial charge in [-0.25, -0.2) is 0 Å². The Bertz CT molecular complexity index is 826. The molecule has 0 saturated heterocycles. The second-order valence-electron chi connectivity index (χ2n) is 4.88.